The van der Waals surface area contributed by atoms with Crippen LogP contribution >= 0.6 is 11.6 Å². The Morgan fingerprint density at radius 1 is 1.25 bits per heavy atom. The average molecular weight is 520 g/mol. The van der Waals surface area contributed by atoms with Crippen LogP contribution in [0.1, 0.15) is 31.3 Å². The monoisotopic (exact) mass is 519 g/mol. The Balaban J connectivity index is 1.52. The van der Waals surface area contributed by atoms with Gasteiger partial charge in [-0.3, -0.25) is 9.59 Å². The van der Waals surface area contributed by atoms with E-state index in [0.717, 1.165) is 18.9 Å². The van der Waals surface area contributed by atoms with Crippen molar-refractivity contribution in [3.8, 4) is 5.75 Å². The molecule has 1 atom stereocenters. The Morgan fingerprint density at radius 2 is 2.00 bits per heavy atom. The number of H-pyrrole nitrogens is 1. The minimum absolute atomic E-state index is 0.0404. The number of halogens is 4. The Hall–Kier alpha value is -3.60. The topological polar surface area (TPSA) is 93.1 Å². The van der Waals surface area contributed by atoms with E-state index in [4.69, 9.17) is 11.6 Å². The van der Waals surface area contributed by atoms with Gasteiger partial charge in [-0.15, -0.1) is 13.2 Å². The molecule has 0 bridgehead atoms. The number of rotatable bonds is 5. The summed E-state index contributed by atoms with van der Waals surface area (Å²) in [6.07, 6.45) is -3.05. The number of likely N-dealkylation sites (tertiary alicyclic amines) is 1. The van der Waals surface area contributed by atoms with E-state index in [9.17, 15) is 22.8 Å². The maximum absolute atomic E-state index is 13.2. The number of aromatic nitrogens is 4. The van der Waals surface area contributed by atoms with Crippen molar-refractivity contribution in [2.24, 2.45) is 0 Å². The lowest BCUT2D eigenvalue weighted by atomic mass is 10.1. The van der Waals surface area contributed by atoms with E-state index >= 15 is 0 Å². The number of hydrogen-bond acceptors (Lipinski definition) is 5. The van der Waals surface area contributed by atoms with Gasteiger partial charge in [-0.25, -0.2) is 9.67 Å². The quantitative estimate of drug-likeness (QED) is 0.421. The maximum atomic E-state index is 13.2. The second-order valence-electron chi connectivity index (χ2n) is 8.70. The van der Waals surface area contributed by atoms with Crippen LogP contribution in [0.15, 0.2) is 41.2 Å². The fourth-order valence-corrected chi connectivity index (χ4v) is 4.91. The van der Waals surface area contributed by atoms with Crippen molar-refractivity contribution in [2.75, 3.05) is 6.54 Å². The third kappa shape index (κ3) is 4.75. The Bertz CT molecular complexity index is 1530. The number of hydrogen-bond donors (Lipinski definition) is 1. The zero-order chi connectivity index (χ0) is 25.6. The molecule has 5 rings (SSSR count). The van der Waals surface area contributed by atoms with Gasteiger partial charge in [-0.05, 0) is 25.0 Å². The molecule has 188 valence electrons. The molecule has 12 heteroatoms. The average Bonchev–Trinajstić information content (AvgIpc) is 3.42. The second-order valence-corrected chi connectivity index (χ2v) is 9.10. The van der Waals surface area contributed by atoms with Gasteiger partial charge in [0.2, 0.25) is 5.91 Å². The van der Waals surface area contributed by atoms with Gasteiger partial charge < -0.3 is 14.6 Å². The third-order valence-electron chi connectivity index (χ3n) is 6.25. The lowest BCUT2D eigenvalue weighted by Gasteiger charge is -2.23. The SMILES string of the molecule is CC(=O)N1CCCC1Cn1nc(Cc2nc3cc(Cl)c(OC(F)(F)F)cc3[nH]2)c2ccccc2c1=O. The van der Waals surface area contributed by atoms with Crippen LogP contribution in [0, 0.1) is 0 Å². The van der Waals surface area contributed by atoms with E-state index in [-0.39, 0.29) is 35.5 Å². The van der Waals surface area contributed by atoms with Crippen molar-refractivity contribution in [1.82, 2.24) is 24.6 Å². The van der Waals surface area contributed by atoms with Crippen LogP contribution in [0.2, 0.25) is 5.02 Å². The molecule has 1 aliphatic heterocycles. The molecule has 1 aliphatic rings. The second kappa shape index (κ2) is 9.12. The van der Waals surface area contributed by atoms with Crippen molar-refractivity contribution < 1.29 is 22.7 Å². The zero-order valence-corrected chi connectivity index (χ0v) is 19.9. The first-order chi connectivity index (χ1) is 17.1. The summed E-state index contributed by atoms with van der Waals surface area (Å²) >= 11 is 5.95. The predicted molar refractivity (Wildman–Crippen MR) is 127 cm³/mol. The van der Waals surface area contributed by atoms with Gasteiger partial charge in [0.25, 0.3) is 5.56 Å². The van der Waals surface area contributed by atoms with Crippen LogP contribution in [0.3, 0.4) is 0 Å². The Kier molecular flexibility index (Phi) is 6.11. The predicted octanol–water partition coefficient (Wildman–Crippen LogP) is 4.43. The summed E-state index contributed by atoms with van der Waals surface area (Å²) in [6.45, 7) is 2.43. The molecule has 8 nitrogen and oxygen atoms in total. The van der Waals surface area contributed by atoms with Gasteiger partial charge in [0.15, 0.2) is 0 Å². The minimum atomic E-state index is -4.88. The van der Waals surface area contributed by atoms with Crippen LogP contribution in [-0.2, 0) is 17.8 Å². The molecule has 0 spiro atoms. The summed E-state index contributed by atoms with van der Waals surface area (Å²) in [7, 11) is 0. The van der Waals surface area contributed by atoms with E-state index in [1.165, 1.54) is 17.7 Å². The van der Waals surface area contributed by atoms with Crippen molar-refractivity contribution in [1.29, 1.82) is 0 Å². The smallest absolute Gasteiger partial charge is 0.404 e. The Labute approximate surface area is 207 Å². The molecule has 0 saturated carbocycles. The summed E-state index contributed by atoms with van der Waals surface area (Å²) in [6, 6.07) is 9.38. The molecule has 1 fully saturated rings. The van der Waals surface area contributed by atoms with Gasteiger partial charge in [-0.1, -0.05) is 29.8 Å². The number of benzene rings is 2. The zero-order valence-electron chi connectivity index (χ0n) is 19.1. The molecule has 3 heterocycles. The summed E-state index contributed by atoms with van der Waals surface area (Å²) in [5.74, 6) is -0.142. The fraction of sp³-hybridized carbons (Fsp3) is 0.333. The molecule has 4 aromatic rings. The van der Waals surface area contributed by atoms with E-state index < -0.39 is 12.1 Å². The first-order valence-corrected chi connectivity index (χ1v) is 11.7. The molecule has 2 aromatic heterocycles. The number of fused-ring (bicyclic) bond motifs is 2. The van der Waals surface area contributed by atoms with Crippen LogP contribution in [-0.4, -0.2) is 49.5 Å². The molecule has 0 radical (unpaired) electrons. The molecular formula is C24H21ClF3N5O3. The van der Waals surface area contributed by atoms with Crippen LogP contribution < -0.4 is 10.3 Å². The number of carbonyl (C=O) groups is 1. The van der Waals surface area contributed by atoms with Gasteiger partial charge >= 0.3 is 6.36 Å². The molecule has 0 aliphatic carbocycles. The fourth-order valence-electron chi connectivity index (χ4n) is 4.71. The maximum Gasteiger partial charge on any atom is 0.573 e. The number of imidazole rings is 1. The van der Waals surface area contributed by atoms with Crippen molar-refractivity contribution in [2.45, 2.75) is 45.1 Å². The minimum Gasteiger partial charge on any atom is -0.404 e. The van der Waals surface area contributed by atoms with Crippen molar-refractivity contribution in [3.05, 3.63) is 63.3 Å². The largest absolute Gasteiger partial charge is 0.573 e. The number of aromatic amines is 1. The highest BCUT2D eigenvalue weighted by Crippen LogP contribution is 2.33. The summed E-state index contributed by atoms with van der Waals surface area (Å²) in [4.78, 5) is 34.4. The van der Waals surface area contributed by atoms with Crippen LogP contribution in [0.5, 0.6) is 5.75 Å². The third-order valence-corrected chi connectivity index (χ3v) is 6.55. The first kappa shape index (κ1) is 24.1. The molecule has 1 amide bonds. The van der Waals surface area contributed by atoms with Gasteiger partial charge in [0.1, 0.15) is 11.6 Å². The number of amides is 1. The Morgan fingerprint density at radius 3 is 2.72 bits per heavy atom. The summed E-state index contributed by atoms with van der Waals surface area (Å²) in [5.41, 5.74) is 0.990. The van der Waals surface area contributed by atoms with Crippen molar-refractivity contribution >= 4 is 39.3 Å². The molecular weight excluding hydrogens is 499 g/mol. The number of nitrogens with zero attached hydrogens (tertiary/aromatic N) is 4. The van der Waals surface area contributed by atoms with Crippen molar-refractivity contribution in [3.63, 3.8) is 0 Å². The van der Waals surface area contributed by atoms with E-state index in [2.05, 4.69) is 19.8 Å². The highest BCUT2D eigenvalue weighted by molar-refractivity contribution is 6.32. The van der Waals surface area contributed by atoms with Gasteiger partial charge in [-0.2, -0.15) is 5.10 Å². The lowest BCUT2D eigenvalue weighted by molar-refractivity contribution is -0.274. The van der Waals surface area contributed by atoms with Crippen LogP contribution in [0.25, 0.3) is 21.8 Å². The number of nitrogens with one attached hydrogen (secondary N) is 1. The van der Waals surface area contributed by atoms with Crippen LogP contribution in [0.4, 0.5) is 13.2 Å². The van der Waals surface area contributed by atoms with E-state index in [1.807, 2.05) is 0 Å². The standard InChI is InChI=1S/C24H21ClF3N5O3/c1-13(34)32-8-4-5-14(32)12-33-23(35)16-7-3-2-6-15(16)18(31-33)11-22-29-19-9-17(25)21(10-20(19)30-22)36-24(26,27)28/h2-3,6-7,9-10,14H,4-5,8,11-12H2,1H3,(H,29,30). The van der Waals surface area contributed by atoms with Gasteiger partial charge in [0, 0.05) is 24.9 Å². The molecule has 2 aromatic carbocycles. The molecule has 36 heavy (non-hydrogen) atoms. The highest BCUT2D eigenvalue weighted by atomic mass is 35.5. The van der Waals surface area contributed by atoms with Gasteiger partial charge in [0.05, 0.1) is 46.1 Å². The molecule has 1 unspecified atom stereocenters. The normalized spacial score (nSPS) is 16.2. The highest BCUT2D eigenvalue weighted by Gasteiger charge is 2.32. The van der Waals surface area contributed by atoms with E-state index in [1.54, 1.807) is 29.2 Å². The summed E-state index contributed by atoms with van der Waals surface area (Å²) in [5, 5.41) is 5.52. The number of ether oxygens (including phenoxy) is 1. The first-order valence-electron chi connectivity index (χ1n) is 11.3. The van der Waals surface area contributed by atoms with E-state index in [0.29, 0.717) is 39.9 Å². The molecule has 1 saturated heterocycles. The molecule has 1 N–H and O–H groups in total. The lowest BCUT2D eigenvalue weighted by Crippen LogP contribution is -2.39. The number of alkyl halides is 3. The summed E-state index contributed by atoms with van der Waals surface area (Å²) < 4.78 is 43.4. The number of carbonyl (C=O) groups excluding carboxylic acids is 1.